The molecule has 2 aromatic heterocycles. The Labute approximate surface area is 337 Å². The monoisotopic (exact) mass is 864 g/mol. The molecule has 3 heterocycles. The van der Waals surface area contributed by atoms with Crippen LogP contribution in [0.2, 0.25) is 0 Å². The summed E-state index contributed by atoms with van der Waals surface area (Å²) in [6.45, 7) is 10.7. The lowest BCUT2D eigenvalue weighted by Crippen LogP contribution is -2.22. The Morgan fingerprint density at radius 3 is 1.58 bits per heavy atom. The van der Waals surface area contributed by atoms with Gasteiger partial charge in [-0.2, -0.15) is 36.3 Å². The summed E-state index contributed by atoms with van der Waals surface area (Å²) in [6, 6.07) is 18.6. The number of halogens is 6. The lowest BCUT2D eigenvalue weighted by Gasteiger charge is -2.19. The van der Waals surface area contributed by atoms with E-state index in [0.717, 1.165) is 17.7 Å². The van der Waals surface area contributed by atoms with E-state index in [1.807, 2.05) is 13.8 Å². The highest BCUT2D eigenvalue weighted by molar-refractivity contribution is 7.70. The maximum Gasteiger partial charge on any atom is 0.421 e. The Balaban J connectivity index is 0.000000228. The van der Waals surface area contributed by atoms with E-state index in [1.165, 1.54) is 0 Å². The molecule has 0 saturated heterocycles. The number of alkyl halides is 6. The van der Waals surface area contributed by atoms with E-state index in [0.29, 0.717) is 46.6 Å². The van der Waals surface area contributed by atoms with Crippen LogP contribution in [0.15, 0.2) is 79.1 Å². The van der Waals surface area contributed by atoms with Crippen LogP contribution in [0.25, 0.3) is 0 Å². The molecule has 1 aliphatic rings. The van der Waals surface area contributed by atoms with Crippen LogP contribution in [0, 0.1) is 0 Å². The van der Waals surface area contributed by atoms with Crippen molar-refractivity contribution in [3.8, 4) is 11.5 Å². The summed E-state index contributed by atoms with van der Waals surface area (Å²) in [4.78, 5) is 15.7. The molecule has 5 aromatic rings. The minimum absolute atomic E-state index is 0.00452. The van der Waals surface area contributed by atoms with E-state index in [-0.39, 0.29) is 42.9 Å². The molecule has 0 atom stereocenters. The third kappa shape index (κ3) is 12.3. The predicted octanol–water partition coefficient (Wildman–Crippen LogP) is 9.92. The average Bonchev–Trinajstić information content (AvgIpc) is 3.64. The van der Waals surface area contributed by atoms with Gasteiger partial charge in [-0.3, -0.25) is 0 Å². The normalized spacial score (nSPS) is 12.8. The molecule has 4 N–H and O–H groups in total. The predicted molar refractivity (Wildman–Crippen MR) is 220 cm³/mol. The number of aromatic nitrogens is 4. The van der Waals surface area contributed by atoms with E-state index in [4.69, 9.17) is 9.47 Å². The molecule has 0 unspecified atom stereocenters. The zero-order valence-corrected chi connectivity index (χ0v) is 34.8. The van der Waals surface area contributed by atoms with Crippen molar-refractivity contribution < 1.29 is 44.9 Å². The topological polar surface area (TPSA) is 152 Å². The highest BCUT2D eigenvalue weighted by Crippen LogP contribution is 2.38. The minimum atomic E-state index is -4.62. The van der Waals surface area contributed by atoms with Crippen LogP contribution in [0.5, 0.6) is 11.5 Å². The van der Waals surface area contributed by atoms with Gasteiger partial charge in [-0.1, -0.05) is 19.9 Å². The molecular weight excluding hydrogens is 820 g/mol. The third-order valence-electron chi connectivity index (χ3n) is 8.90. The smallest absolute Gasteiger partial charge is 0.421 e. The van der Waals surface area contributed by atoms with E-state index in [1.54, 1.807) is 93.4 Å². The zero-order valence-electron chi connectivity index (χ0n) is 33.0. The van der Waals surface area contributed by atoms with Crippen LogP contribution in [-0.2, 0) is 28.0 Å². The molecule has 12 nitrogen and oxygen atoms in total. The highest BCUT2D eigenvalue weighted by Gasteiger charge is 2.36. The van der Waals surface area contributed by atoms with Gasteiger partial charge in [-0.05, 0) is 106 Å². The summed E-state index contributed by atoms with van der Waals surface area (Å²) >= 11 is 0. The van der Waals surface area contributed by atoms with E-state index >= 15 is 0 Å². The molecule has 59 heavy (non-hydrogen) atoms. The van der Waals surface area contributed by atoms with Gasteiger partial charge in [0.1, 0.15) is 37.0 Å². The van der Waals surface area contributed by atoms with Crippen molar-refractivity contribution in [3.05, 3.63) is 95.8 Å². The summed E-state index contributed by atoms with van der Waals surface area (Å²) in [6.07, 6.45) is -6.30. The maximum atomic E-state index is 13.5. The number of hydrogen-bond donors (Lipinski definition) is 4. The maximum absolute atomic E-state index is 13.5. The first-order valence-corrected chi connectivity index (χ1v) is 23.5. The molecule has 0 bridgehead atoms. The number of rotatable bonds is 13. The van der Waals surface area contributed by atoms with Crippen molar-refractivity contribution in [2.75, 3.05) is 54.7 Å². The number of ether oxygens (including phenoxy) is 2. The summed E-state index contributed by atoms with van der Waals surface area (Å²) in [7, 11) is -4.78. The summed E-state index contributed by atoms with van der Waals surface area (Å²) in [5.41, 5.74) is -0.0102. The number of nitrogens with zero attached hydrogens (tertiary/aromatic N) is 4. The Morgan fingerprint density at radius 1 is 0.661 bits per heavy atom. The number of benzene rings is 3. The Bertz CT molecular complexity index is 2320. The van der Waals surface area contributed by atoms with Gasteiger partial charge in [0.15, 0.2) is 11.5 Å². The van der Waals surface area contributed by atoms with Gasteiger partial charge in [0.05, 0.1) is 0 Å². The van der Waals surface area contributed by atoms with Crippen LogP contribution in [0.1, 0.15) is 43.4 Å². The van der Waals surface area contributed by atoms with Gasteiger partial charge in [-0.25, -0.2) is 9.97 Å². The Morgan fingerprint density at radius 2 is 1.12 bits per heavy atom. The Hall–Kier alpha value is -5.34. The second-order valence-electron chi connectivity index (χ2n) is 14.2. The quantitative estimate of drug-likeness (QED) is 0.0659. The largest absolute Gasteiger partial charge is 0.454 e. The first kappa shape index (κ1) is 44.8. The van der Waals surface area contributed by atoms with E-state index in [2.05, 4.69) is 41.2 Å². The lowest BCUT2D eigenvalue weighted by atomic mass is 10.1. The SMILES string of the molecule is CCC(CC)Nc1nc(Nc2ccc(P(C)(C)=O)cc2)ncc1C(F)(F)F.CP(C)(=O)c1ccc(Nc2ncc(C(F)(F)F)c(NCc3ccc4c(c3)OCO4)n2)cc1. The molecule has 316 valence electrons. The van der Waals surface area contributed by atoms with Crippen LogP contribution >= 0.6 is 14.3 Å². The Kier molecular flexibility index (Phi) is 13.9. The van der Waals surface area contributed by atoms with Gasteiger partial charge in [-0.15, -0.1) is 0 Å². The molecule has 0 amide bonds. The molecule has 0 saturated carbocycles. The lowest BCUT2D eigenvalue weighted by molar-refractivity contribution is -0.138. The van der Waals surface area contributed by atoms with Crippen LogP contribution < -0.4 is 41.3 Å². The molecule has 0 aliphatic carbocycles. The fourth-order valence-corrected chi connectivity index (χ4v) is 7.27. The van der Waals surface area contributed by atoms with Crippen molar-refractivity contribution >= 4 is 59.8 Å². The first-order valence-electron chi connectivity index (χ1n) is 18.3. The minimum Gasteiger partial charge on any atom is -0.454 e. The van der Waals surface area contributed by atoms with Gasteiger partial charge in [0.2, 0.25) is 18.7 Å². The van der Waals surface area contributed by atoms with E-state index < -0.39 is 37.8 Å². The fraction of sp³-hybridized carbons (Fsp3) is 0.333. The van der Waals surface area contributed by atoms with Crippen LogP contribution in [0.3, 0.4) is 0 Å². The molecule has 20 heteroatoms. The van der Waals surface area contributed by atoms with Crippen molar-refractivity contribution in [2.45, 2.75) is 51.6 Å². The summed E-state index contributed by atoms with van der Waals surface area (Å²) in [5.74, 6) is 0.590. The second-order valence-corrected chi connectivity index (χ2v) is 20.6. The molecule has 6 rings (SSSR count). The molecule has 0 fully saturated rings. The highest BCUT2D eigenvalue weighted by atomic mass is 31.2. The third-order valence-corrected chi connectivity index (χ3v) is 12.0. The van der Waals surface area contributed by atoms with Crippen LogP contribution in [0.4, 0.5) is 61.2 Å². The van der Waals surface area contributed by atoms with Crippen molar-refractivity contribution in [1.29, 1.82) is 0 Å². The van der Waals surface area contributed by atoms with Gasteiger partial charge in [0.25, 0.3) is 0 Å². The summed E-state index contributed by atoms with van der Waals surface area (Å²) in [5, 5.41) is 12.8. The van der Waals surface area contributed by atoms with Gasteiger partial charge >= 0.3 is 12.4 Å². The molecule has 3 aromatic carbocycles. The van der Waals surface area contributed by atoms with Crippen LogP contribution in [-0.4, -0.2) is 59.4 Å². The average molecular weight is 865 g/mol. The fourth-order valence-electron chi connectivity index (χ4n) is 5.53. The molecule has 0 radical (unpaired) electrons. The number of fused-ring (bicyclic) bond motifs is 1. The summed E-state index contributed by atoms with van der Waals surface area (Å²) < 4.78 is 115. The first-order chi connectivity index (χ1) is 27.6. The molecule has 0 spiro atoms. The van der Waals surface area contributed by atoms with Crippen molar-refractivity contribution in [3.63, 3.8) is 0 Å². The van der Waals surface area contributed by atoms with Crippen molar-refractivity contribution in [2.24, 2.45) is 0 Å². The standard InChI is InChI=1S/C21H20F3N4O3P.C18H24F3N4OP/c1-32(2,29)15-6-4-14(5-7-15)27-20-26-11-16(21(22,23)24)19(28-20)25-10-13-3-8-17-18(9-13)31-12-30-17;1-5-12(6-2)23-16-15(18(19,20)21)11-22-17(25-16)24-13-7-9-14(10-8-13)27(3,4)26/h3-9,11H,10,12H2,1-2H3,(H2,25,26,27,28);7-12H,5-6H2,1-4H3,(H2,22,23,24,25). The van der Waals surface area contributed by atoms with E-state index in [9.17, 15) is 35.5 Å². The molecule has 1 aliphatic heterocycles. The molecular formula is C39H44F6N8O4P2. The van der Waals surface area contributed by atoms with Gasteiger partial charge in [0, 0.05) is 47.0 Å². The number of nitrogens with one attached hydrogen (secondary N) is 4. The van der Waals surface area contributed by atoms with Gasteiger partial charge < -0.3 is 39.9 Å². The second kappa shape index (κ2) is 18.3. The van der Waals surface area contributed by atoms with Crippen molar-refractivity contribution in [1.82, 2.24) is 19.9 Å². The number of hydrogen-bond acceptors (Lipinski definition) is 12. The zero-order chi connectivity index (χ0) is 43.2. The number of anilines is 6.